The van der Waals surface area contributed by atoms with Gasteiger partial charge < -0.3 is 9.84 Å². The minimum Gasteiger partial charge on any atom is -0.497 e. The first-order chi connectivity index (χ1) is 11.0. The Morgan fingerprint density at radius 2 is 2.17 bits per heavy atom. The number of thioether (sulfide) groups is 1. The summed E-state index contributed by atoms with van der Waals surface area (Å²) in [5, 5.41) is 9.27. The molecule has 2 aliphatic heterocycles. The van der Waals surface area contributed by atoms with Crippen molar-refractivity contribution in [2.24, 2.45) is 0 Å². The van der Waals surface area contributed by atoms with Crippen LogP contribution in [0.25, 0.3) is 0 Å². The molecule has 2 atom stereocenters. The number of ether oxygens (including phenoxy) is 1. The molecule has 1 saturated heterocycles. The third-order valence-electron chi connectivity index (χ3n) is 4.04. The van der Waals surface area contributed by atoms with Gasteiger partial charge in [0.25, 0.3) is 0 Å². The van der Waals surface area contributed by atoms with Crippen LogP contribution in [0.4, 0.5) is 0 Å². The van der Waals surface area contributed by atoms with Gasteiger partial charge in [-0.2, -0.15) is 0 Å². The number of β-lactam (4-membered cyclic amide) rings is 1. The van der Waals surface area contributed by atoms with Crippen molar-refractivity contribution >= 4 is 35.2 Å². The molecule has 5 nitrogen and oxygen atoms in total. The fourth-order valence-corrected chi connectivity index (χ4v) is 4.82. The van der Waals surface area contributed by atoms with Crippen LogP contribution in [0, 0.1) is 0 Å². The average molecular weight is 354 g/mol. The summed E-state index contributed by atoms with van der Waals surface area (Å²) in [4.78, 5) is 24.5. The van der Waals surface area contributed by atoms with Crippen LogP contribution >= 0.6 is 23.4 Å². The maximum absolute atomic E-state index is 11.7. The molecule has 0 bridgehead atoms. The van der Waals surface area contributed by atoms with Crippen LogP contribution in [0.1, 0.15) is 12.0 Å². The Morgan fingerprint density at radius 1 is 1.48 bits per heavy atom. The molecule has 0 spiro atoms. The van der Waals surface area contributed by atoms with Crippen LogP contribution in [0.15, 0.2) is 36.0 Å². The summed E-state index contributed by atoms with van der Waals surface area (Å²) >= 11 is 7.76. The summed E-state index contributed by atoms with van der Waals surface area (Å²) in [5.74, 6) is -0.196. The van der Waals surface area contributed by atoms with Crippen molar-refractivity contribution in [3.63, 3.8) is 0 Å². The molecule has 0 saturated carbocycles. The van der Waals surface area contributed by atoms with Crippen LogP contribution in [-0.2, 0) is 16.0 Å². The largest absolute Gasteiger partial charge is 0.497 e. The number of carboxylic acid groups (broad SMARTS) is 1. The standard InChI is InChI=1S/C16H16ClNO4S/c1-22-11-4-2-10(3-5-11)7-16(9-17)8-12(15(20)21)18-13(19)6-14(18)23-16/h2-5,8,14H,6-7,9H2,1H3,(H,20,21)/t14-,16?/m1/s1. The molecule has 1 fully saturated rings. The first-order valence-corrected chi connectivity index (χ1v) is 8.54. The van der Waals surface area contributed by atoms with E-state index in [2.05, 4.69) is 0 Å². The summed E-state index contributed by atoms with van der Waals surface area (Å²) in [6.07, 6.45) is 2.59. The minimum atomic E-state index is -1.09. The summed E-state index contributed by atoms with van der Waals surface area (Å²) < 4.78 is 4.61. The third kappa shape index (κ3) is 2.93. The van der Waals surface area contributed by atoms with Crippen LogP contribution in [0.2, 0.25) is 0 Å². The van der Waals surface area contributed by atoms with Gasteiger partial charge in [-0.1, -0.05) is 12.1 Å². The van der Waals surface area contributed by atoms with E-state index in [1.165, 1.54) is 4.90 Å². The van der Waals surface area contributed by atoms with E-state index in [0.717, 1.165) is 11.3 Å². The number of carbonyl (C=O) groups is 2. The maximum Gasteiger partial charge on any atom is 0.352 e. The number of alkyl halides is 1. The number of hydrogen-bond acceptors (Lipinski definition) is 4. The van der Waals surface area contributed by atoms with Crippen LogP contribution in [-0.4, -0.2) is 45.0 Å². The molecule has 2 aliphatic rings. The number of methoxy groups -OCH3 is 1. The topological polar surface area (TPSA) is 66.8 Å². The number of rotatable bonds is 5. The van der Waals surface area contributed by atoms with E-state index >= 15 is 0 Å². The number of nitrogens with zero attached hydrogens (tertiary/aromatic N) is 1. The zero-order chi connectivity index (χ0) is 16.6. The Morgan fingerprint density at radius 3 is 2.70 bits per heavy atom. The number of fused-ring (bicyclic) bond motifs is 1. The van der Waals surface area contributed by atoms with E-state index in [1.54, 1.807) is 24.9 Å². The number of amides is 1. The molecular formula is C16H16ClNO4S. The van der Waals surface area contributed by atoms with Gasteiger partial charge in [0.1, 0.15) is 11.4 Å². The number of carboxylic acids is 1. The van der Waals surface area contributed by atoms with Gasteiger partial charge in [0, 0.05) is 5.88 Å². The molecule has 1 amide bonds. The quantitative estimate of drug-likeness (QED) is 0.650. The highest BCUT2D eigenvalue weighted by molar-refractivity contribution is 8.01. The lowest BCUT2D eigenvalue weighted by molar-refractivity contribution is -0.146. The highest BCUT2D eigenvalue weighted by Gasteiger charge is 2.50. The fourth-order valence-electron chi connectivity index (χ4n) is 2.86. The molecule has 1 N–H and O–H groups in total. The average Bonchev–Trinajstić information content (AvgIpc) is 2.54. The van der Waals surface area contributed by atoms with Crippen molar-refractivity contribution in [2.75, 3.05) is 13.0 Å². The van der Waals surface area contributed by atoms with Gasteiger partial charge in [0.05, 0.1) is 23.7 Å². The monoisotopic (exact) mass is 353 g/mol. The molecule has 1 unspecified atom stereocenters. The molecule has 1 aromatic rings. The number of benzene rings is 1. The molecule has 1 aromatic carbocycles. The lowest BCUT2D eigenvalue weighted by Crippen LogP contribution is -2.57. The predicted octanol–water partition coefficient (Wildman–Crippen LogP) is 2.49. The highest BCUT2D eigenvalue weighted by Crippen LogP contribution is 2.48. The lowest BCUT2D eigenvalue weighted by atomic mass is 9.97. The second-order valence-electron chi connectivity index (χ2n) is 5.60. The van der Waals surface area contributed by atoms with E-state index in [-0.39, 0.29) is 22.9 Å². The molecule has 0 radical (unpaired) electrons. The first kappa shape index (κ1) is 16.2. The van der Waals surface area contributed by atoms with Crippen LogP contribution in [0.3, 0.4) is 0 Å². The van der Waals surface area contributed by atoms with Gasteiger partial charge in [-0.3, -0.25) is 9.69 Å². The van der Waals surface area contributed by atoms with Crippen molar-refractivity contribution in [1.82, 2.24) is 4.90 Å². The Kier molecular flexibility index (Phi) is 4.29. The van der Waals surface area contributed by atoms with Gasteiger partial charge in [-0.05, 0) is 30.2 Å². The molecular weight excluding hydrogens is 338 g/mol. The minimum absolute atomic E-state index is 0.0409. The zero-order valence-electron chi connectivity index (χ0n) is 12.5. The SMILES string of the molecule is COc1ccc(CC2(CCl)C=C(C(=O)O)N3C(=O)C[C@H]3S2)cc1. The van der Waals surface area contributed by atoms with Gasteiger partial charge in [0.15, 0.2) is 0 Å². The molecule has 2 heterocycles. The van der Waals surface area contributed by atoms with E-state index in [4.69, 9.17) is 16.3 Å². The second kappa shape index (κ2) is 6.09. The van der Waals surface area contributed by atoms with Gasteiger partial charge >= 0.3 is 5.97 Å². The van der Waals surface area contributed by atoms with Gasteiger partial charge in [-0.25, -0.2) is 4.79 Å². The number of hydrogen-bond donors (Lipinski definition) is 1. The van der Waals surface area contributed by atoms with Crippen molar-refractivity contribution in [1.29, 1.82) is 0 Å². The summed E-state index contributed by atoms with van der Waals surface area (Å²) in [6, 6.07) is 7.62. The number of aliphatic carboxylic acids is 1. The van der Waals surface area contributed by atoms with Crippen molar-refractivity contribution in [3.05, 3.63) is 41.6 Å². The Labute approximate surface area is 143 Å². The summed E-state index contributed by atoms with van der Waals surface area (Å²) in [5.41, 5.74) is 1.08. The smallest absolute Gasteiger partial charge is 0.352 e. The Bertz CT molecular complexity index is 675. The molecule has 0 aromatic heterocycles. The Balaban J connectivity index is 1.91. The van der Waals surface area contributed by atoms with E-state index < -0.39 is 10.7 Å². The molecule has 0 aliphatic carbocycles. The first-order valence-electron chi connectivity index (χ1n) is 7.13. The van der Waals surface area contributed by atoms with Crippen molar-refractivity contribution < 1.29 is 19.4 Å². The molecule has 3 rings (SSSR count). The van der Waals surface area contributed by atoms with Crippen LogP contribution < -0.4 is 4.74 Å². The predicted molar refractivity (Wildman–Crippen MR) is 88.7 cm³/mol. The summed E-state index contributed by atoms with van der Waals surface area (Å²) in [6.45, 7) is 0. The van der Waals surface area contributed by atoms with E-state index in [0.29, 0.717) is 12.8 Å². The van der Waals surface area contributed by atoms with E-state index in [9.17, 15) is 14.7 Å². The molecule has 23 heavy (non-hydrogen) atoms. The normalized spacial score (nSPS) is 26.2. The van der Waals surface area contributed by atoms with Gasteiger partial charge in [0.2, 0.25) is 5.91 Å². The van der Waals surface area contributed by atoms with Crippen molar-refractivity contribution in [3.8, 4) is 5.75 Å². The number of halogens is 1. The second-order valence-corrected chi connectivity index (χ2v) is 7.46. The Hall–Kier alpha value is -1.66. The highest BCUT2D eigenvalue weighted by atomic mass is 35.5. The molecule has 7 heteroatoms. The zero-order valence-corrected chi connectivity index (χ0v) is 14.1. The van der Waals surface area contributed by atoms with Gasteiger partial charge in [-0.15, -0.1) is 23.4 Å². The maximum atomic E-state index is 11.7. The summed E-state index contributed by atoms with van der Waals surface area (Å²) in [7, 11) is 1.61. The fraction of sp³-hybridized carbons (Fsp3) is 0.375. The number of carbonyl (C=O) groups excluding carboxylic acids is 1. The third-order valence-corrected chi connectivity index (χ3v) is 6.20. The van der Waals surface area contributed by atoms with Crippen molar-refractivity contribution in [2.45, 2.75) is 23.0 Å². The molecule has 122 valence electrons. The van der Waals surface area contributed by atoms with Crippen LogP contribution in [0.5, 0.6) is 5.75 Å². The van der Waals surface area contributed by atoms with E-state index in [1.807, 2.05) is 24.3 Å². The lowest BCUT2D eigenvalue weighted by Gasteiger charge is -2.48.